The van der Waals surface area contributed by atoms with Crippen molar-refractivity contribution in [3.63, 3.8) is 0 Å². The number of hydrogen-bond acceptors (Lipinski definition) is 4. The molecule has 0 aromatic carbocycles. The zero-order chi connectivity index (χ0) is 8.10. The normalized spacial score (nSPS) is 25.1. The minimum atomic E-state index is 0.436. The van der Waals surface area contributed by atoms with E-state index in [4.69, 9.17) is 11.1 Å². The van der Waals surface area contributed by atoms with Gasteiger partial charge in [-0.05, 0) is 13.0 Å². The highest BCUT2D eigenvalue weighted by molar-refractivity contribution is 5.74. The van der Waals surface area contributed by atoms with E-state index in [-0.39, 0.29) is 0 Å². The Kier molecular flexibility index (Phi) is 2.92. The highest BCUT2D eigenvalue weighted by Gasteiger charge is 2.13. The van der Waals surface area contributed by atoms with Gasteiger partial charge in [0.25, 0.3) is 0 Å². The monoisotopic (exact) mass is 154 g/mol. The highest BCUT2D eigenvalue weighted by Crippen LogP contribution is 1.98. The molecule has 0 amide bonds. The molecular formula is C7H14N4. The third kappa shape index (κ3) is 2.23. The molecule has 0 aliphatic carbocycles. The second kappa shape index (κ2) is 3.98. The molecule has 0 aromatic heterocycles. The van der Waals surface area contributed by atoms with Gasteiger partial charge in [-0.1, -0.05) is 0 Å². The molecule has 1 unspecified atom stereocenters. The highest BCUT2D eigenvalue weighted by atomic mass is 15.0. The van der Waals surface area contributed by atoms with Crippen molar-refractivity contribution >= 4 is 6.21 Å². The van der Waals surface area contributed by atoms with Crippen LogP contribution in [0.2, 0.25) is 0 Å². The molecule has 0 aromatic rings. The van der Waals surface area contributed by atoms with Crippen molar-refractivity contribution in [1.82, 2.24) is 10.6 Å². The average Bonchev–Trinajstić information content (AvgIpc) is 2.52. The van der Waals surface area contributed by atoms with Crippen LogP contribution in [0.3, 0.4) is 0 Å². The SMILES string of the molecule is N=C/C(=C\N)NC1CCNC1. The molecule has 1 saturated heterocycles. The second-order valence-corrected chi connectivity index (χ2v) is 2.60. The summed E-state index contributed by atoms with van der Waals surface area (Å²) in [5.41, 5.74) is 5.96. The summed E-state index contributed by atoms with van der Waals surface area (Å²) in [4.78, 5) is 0. The second-order valence-electron chi connectivity index (χ2n) is 2.60. The number of nitrogens with one attached hydrogen (secondary N) is 3. The van der Waals surface area contributed by atoms with Gasteiger partial charge in [0, 0.05) is 25.0 Å². The molecule has 0 spiro atoms. The summed E-state index contributed by atoms with van der Waals surface area (Å²) in [6.07, 6.45) is 3.76. The van der Waals surface area contributed by atoms with E-state index in [1.165, 1.54) is 12.4 Å². The van der Waals surface area contributed by atoms with Crippen molar-refractivity contribution in [3.8, 4) is 0 Å². The summed E-state index contributed by atoms with van der Waals surface area (Å²) >= 11 is 0. The van der Waals surface area contributed by atoms with Crippen LogP contribution in [0.25, 0.3) is 0 Å². The maximum atomic E-state index is 6.97. The van der Waals surface area contributed by atoms with Crippen LogP contribution in [-0.2, 0) is 0 Å². The zero-order valence-corrected chi connectivity index (χ0v) is 6.43. The Bertz CT molecular complexity index is 158. The fourth-order valence-corrected chi connectivity index (χ4v) is 1.15. The first-order valence-corrected chi connectivity index (χ1v) is 3.76. The van der Waals surface area contributed by atoms with Gasteiger partial charge in [-0.2, -0.15) is 0 Å². The fourth-order valence-electron chi connectivity index (χ4n) is 1.15. The van der Waals surface area contributed by atoms with Crippen LogP contribution in [0.1, 0.15) is 6.42 Å². The summed E-state index contributed by atoms with van der Waals surface area (Å²) in [6, 6.07) is 0.436. The van der Waals surface area contributed by atoms with Gasteiger partial charge in [0.05, 0.1) is 5.70 Å². The molecule has 11 heavy (non-hydrogen) atoms. The largest absolute Gasteiger partial charge is 0.403 e. The first-order valence-electron chi connectivity index (χ1n) is 3.76. The van der Waals surface area contributed by atoms with Gasteiger partial charge in [-0.15, -0.1) is 0 Å². The lowest BCUT2D eigenvalue weighted by Gasteiger charge is -2.11. The zero-order valence-electron chi connectivity index (χ0n) is 6.43. The molecular weight excluding hydrogens is 140 g/mol. The van der Waals surface area contributed by atoms with Crippen LogP contribution in [-0.4, -0.2) is 25.3 Å². The Morgan fingerprint density at radius 2 is 2.55 bits per heavy atom. The van der Waals surface area contributed by atoms with Crippen molar-refractivity contribution < 1.29 is 0 Å². The molecule has 4 nitrogen and oxygen atoms in total. The van der Waals surface area contributed by atoms with Crippen molar-refractivity contribution in [2.75, 3.05) is 13.1 Å². The van der Waals surface area contributed by atoms with Gasteiger partial charge in [-0.25, -0.2) is 0 Å². The first kappa shape index (κ1) is 8.07. The van der Waals surface area contributed by atoms with E-state index in [1.54, 1.807) is 0 Å². The van der Waals surface area contributed by atoms with Crippen LogP contribution >= 0.6 is 0 Å². The molecule has 0 radical (unpaired) electrons. The van der Waals surface area contributed by atoms with Crippen molar-refractivity contribution in [2.24, 2.45) is 5.73 Å². The number of allylic oxidation sites excluding steroid dienone is 1. The third-order valence-electron chi connectivity index (χ3n) is 1.77. The Labute approximate surface area is 66.4 Å². The minimum Gasteiger partial charge on any atom is -0.403 e. The molecule has 1 heterocycles. The van der Waals surface area contributed by atoms with E-state index in [0.717, 1.165) is 19.5 Å². The van der Waals surface area contributed by atoms with Crippen LogP contribution in [0.4, 0.5) is 0 Å². The Morgan fingerprint density at radius 3 is 3.00 bits per heavy atom. The van der Waals surface area contributed by atoms with Crippen molar-refractivity contribution in [1.29, 1.82) is 5.41 Å². The number of nitrogens with two attached hydrogens (primary N) is 1. The van der Waals surface area contributed by atoms with Gasteiger partial charge in [-0.3, -0.25) is 0 Å². The molecule has 1 fully saturated rings. The lowest BCUT2D eigenvalue weighted by molar-refractivity contribution is 0.627. The van der Waals surface area contributed by atoms with Gasteiger partial charge in [0.1, 0.15) is 0 Å². The Morgan fingerprint density at radius 1 is 1.73 bits per heavy atom. The van der Waals surface area contributed by atoms with Gasteiger partial charge < -0.3 is 21.8 Å². The van der Waals surface area contributed by atoms with Crippen molar-refractivity contribution in [2.45, 2.75) is 12.5 Å². The van der Waals surface area contributed by atoms with Crippen LogP contribution < -0.4 is 16.4 Å². The van der Waals surface area contributed by atoms with E-state index in [2.05, 4.69) is 10.6 Å². The summed E-state index contributed by atoms with van der Waals surface area (Å²) < 4.78 is 0. The lowest BCUT2D eigenvalue weighted by atomic mass is 10.2. The van der Waals surface area contributed by atoms with Gasteiger partial charge in [0.15, 0.2) is 0 Å². The maximum Gasteiger partial charge on any atom is 0.0678 e. The smallest absolute Gasteiger partial charge is 0.0678 e. The molecule has 4 heteroatoms. The molecule has 1 aliphatic rings. The quantitative estimate of drug-likeness (QED) is 0.410. The van der Waals surface area contributed by atoms with E-state index < -0.39 is 0 Å². The predicted molar refractivity (Wildman–Crippen MR) is 45.5 cm³/mol. The molecule has 0 bridgehead atoms. The van der Waals surface area contributed by atoms with Crippen molar-refractivity contribution in [3.05, 3.63) is 11.9 Å². The minimum absolute atomic E-state index is 0.436. The number of hydrogen-bond donors (Lipinski definition) is 4. The molecule has 1 rings (SSSR count). The van der Waals surface area contributed by atoms with Crippen LogP contribution in [0.15, 0.2) is 11.9 Å². The standard InChI is InChI=1S/C7H14N4/c8-3-7(4-9)11-6-1-2-10-5-6/h3-4,6,8,10-11H,1-2,5,9H2/b7-4+,8-3?. The molecule has 5 N–H and O–H groups in total. The average molecular weight is 154 g/mol. The van der Waals surface area contributed by atoms with E-state index in [9.17, 15) is 0 Å². The van der Waals surface area contributed by atoms with E-state index in [1.807, 2.05) is 0 Å². The Balaban J connectivity index is 2.33. The molecule has 0 saturated carbocycles. The lowest BCUT2D eigenvalue weighted by Crippen LogP contribution is -2.31. The molecule has 1 aliphatic heterocycles. The van der Waals surface area contributed by atoms with Gasteiger partial charge in [0.2, 0.25) is 0 Å². The summed E-state index contributed by atoms with van der Waals surface area (Å²) in [5.74, 6) is 0. The third-order valence-corrected chi connectivity index (χ3v) is 1.77. The van der Waals surface area contributed by atoms with E-state index in [0.29, 0.717) is 11.7 Å². The first-order chi connectivity index (χ1) is 5.36. The van der Waals surface area contributed by atoms with Crippen LogP contribution in [0, 0.1) is 5.41 Å². The Hall–Kier alpha value is -1.03. The fraction of sp³-hybridized carbons (Fsp3) is 0.571. The van der Waals surface area contributed by atoms with Gasteiger partial charge >= 0.3 is 0 Å². The molecule has 62 valence electrons. The van der Waals surface area contributed by atoms with E-state index >= 15 is 0 Å². The molecule has 1 atom stereocenters. The maximum absolute atomic E-state index is 6.97. The number of rotatable bonds is 3. The summed E-state index contributed by atoms with van der Waals surface area (Å²) in [7, 11) is 0. The summed E-state index contributed by atoms with van der Waals surface area (Å²) in [5, 5.41) is 13.3. The topological polar surface area (TPSA) is 73.9 Å². The predicted octanol–water partition coefficient (Wildman–Crippen LogP) is -0.612. The summed E-state index contributed by atoms with van der Waals surface area (Å²) in [6.45, 7) is 2.01. The van der Waals surface area contributed by atoms with Crippen LogP contribution in [0.5, 0.6) is 0 Å².